The summed E-state index contributed by atoms with van der Waals surface area (Å²) in [6, 6.07) is 10.8. The zero-order valence-corrected chi connectivity index (χ0v) is 19.2. The lowest BCUT2D eigenvalue weighted by Crippen LogP contribution is -2.31. The molecule has 1 saturated heterocycles. The number of rotatable bonds is 6. The molecule has 2 aromatic carbocycles. The normalized spacial score (nSPS) is 15.8. The highest BCUT2D eigenvalue weighted by Crippen LogP contribution is 2.24. The summed E-state index contributed by atoms with van der Waals surface area (Å²) >= 11 is 0. The van der Waals surface area contributed by atoms with Gasteiger partial charge in [0.15, 0.2) is 0 Å². The molecule has 168 valence electrons. The maximum Gasteiger partial charge on any atom is 0.256 e. The first-order valence-electron chi connectivity index (χ1n) is 10.1. The minimum Gasteiger partial charge on any atom is -0.322 e. The summed E-state index contributed by atoms with van der Waals surface area (Å²) in [6.45, 7) is 2.70. The molecule has 0 radical (unpaired) electrons. The standard InChI is InChI=1S/C21H27N3O5S2/c1-16-19(8-7-9-20(16)23-30(2,26)27)21(25)22-17-10-12-18(13-11-17)31(28,29)24-14-5-3-4-6-15-24/h7-13,23H,3-6,14-15H2,1-2H3,(H,22,25). The Kier molecular flexibility index (Phi) is 7.03. The molecule has 31 heavy (non-hydrogen) atoms. The first kappa shape index (κ1) is 23.2. The van der Waals surface area contributed by atoms with Crippen molar-refractivity contribution in [1.29, 1.82) is 0 Å². The van der Waals surface area contributed by atoms with E-state index in [1.54, 1.807) is 37.3 Å². The Bertz CT molecular complexity index is 1150. The van der Waals surface area contributed by atoms with E-state index in [1.165, 1.54) is 16.4 Å². The molecule has 1 aliphatic rings. The zero-order valence-electron chi connectivity index (χ0n) is 17.6. The summed E-state index contributed by atoms with van der Waals surface area (Å²) in [7, 11) is -7.03. The number of hydrogen-bond donors (Lipinski definition) is 2. The van der Waals surface area contributed by atoms with Crippen LogP contribution in [-0.4, -0.2) is 46.4 Å². The third kappa shape index (κ3) is 5.84. The molecule has 0 saturated carbocycles. The van der Waals surface area contributed by atoms with Gasteiger partial charge in [-0.3, -0.25) is 9.52 Å². The van der Waals surface area contributed by atoms with Crippen LogP contribution in [0.1, 0.15) is 41.6 Å². The topological polar surface area (TPSA) is 113 Å². The van der Waals surface area contributed by atoms with Crippen LogP contribution in [0, 0.1) is 6.92 Å². The Morgan fingerprint density at radius 2 is 1.52 bits per heavy atom. The van der Waals surface area contributed by atoms with Crippen LogP contribution in [0.2, 0.25) is 0 Å². The number of nitrogens with zero attached hydrogens (tertiary/aromatic N) is 1. The van der Waals surface area contributed by atoms with Crippen molar-refractivity contribution in [2.75, 3.05) is 29.4 Å². The minimum absolute atomic E-state index is 0.197. The molecule has 2 N–H and O–H groups in total. The predicted molar refractivity (Wildman–Crippen MR) is 121 cm³/mol. The highest BCUT2D eigenvalue weighted by Gasteiger charge is 2.25. The number of anilines is 2. The van der Waals surface area contributed by atoms with E-state index in [4.69, 9.17) is 0 Å². The zero-order chi connectivity index (χ0) is 22.6. The average Bonchev–Trinajstić information content (AvgIpc) is 2.99. The van der Waals surface area contributed by atoms with Crippen LogP contribution in [0.25, 0.3) is 0 Å². The van der Waals surface area contributed by atoms with Gasteiger partial charge in [0.1, 0.15) is 0 Å². The van der Waals surface area contributed by atoms with Crippen LogP contribution < -0.4 is 10.0 Å². The lowest BCUT2D eigenvalue weighted by Gasteiger charge is -2.20. The molecule has 8 nitrogen and oxygen atoms in total. The SMILES string of the molecule is Cc1c(NS(C)(=O)=O)cccc1C(=O)Nc1ccc(S(=O)(=O)N2CCCCCC2)cc1. The van der Waals surface area contributed by atoms with E-state index in [0.717, 1.165) is 31.9 Å². The van der Waals surface area contributed by atoms with E-state index in [1.807, 2.05) is 0 Å². The number of carbonyl (C=O) groups is 1. The van der Waals surface area contributed by atoms with Crippen LogP contribution in [0.5, 0.6) is 0 Å². The lowest BCUT2D eigenvalue weighted by molar-refractivity contribution is 0.102. The van der Waals surface area contributed by atoms with Crippen molar-refractivity contribution in [2.24, 2.45) is 0 Å². The second kappa shape index (κ2) is 9.37. The molecule has 0 spiro atoms. The Hall–Kier alpha value is -2.43. The Morgan fingerprint density at radius 3 is 2.10 bits per heavy atom. The smallest absolute Gasteiger partial charge is 0.256 e. The molecule has 1 aliphatic heterocycles. The molecular weight excluding hydrogens is 438 g/mol. The number of hydrogen-bond acceptors (Lipinski definition) is 5. The Morgan fingerprint density at radius 1 is 0.903 bits per heavy atom. The summed E-state index contributed by atoms with van der Waals surface area (Å²) in [5.74, 6) is -0.419. The number of carbonyl (C=O) groups excluding carboxylic acids is 1. The van der Waals surface area contributed by atoms with E-state index >= 15 is 0 Å². The monoisotopic (exact) mass is 465 g/mol. The van der Waals surface area contributed by atoms with Crippen molar-refractivity contribution < 1.29 is 21.6 Å². The van der Waals surface area contributed by atoms with Gasteiger partial charge >= 0.3 is 0 Å². The number of benzene rings is 2. The molecule has 0 atom stereocenters. The fraction of sp³-hybridized carbons (Fsp3) is 0.381. The maximum absolute atomic E-state index is 12.9. The summed E-state index contributed by atoms with van der Waals surface area (Å²) in [5.41, 5.74) is 1.58. The van der Waals surface area contributed by atoms with E-state index in [-0.39, 0.29) is 4.90 Å². The summed E-state index contributed by atoms with van der Waals surface area (Å²) in [6.07, 6.45) is 4.84. The second-order valence-electron chi connectivity index (χ2n) is 7.65. The predicted octanol–water partition coefficient (Wildman–Crippen LogP) is 3.18. The van der Waals surface area contributed by atoms with Crippen molar-refractivity contribution in [3.63, 3.8) is 0 Å². The highest BCUT2D eigenvalue weighted by molar-refractivity contribution is 7.92. The molecule has 1 heterocycles. The molecule has 0 aromatic heterocycles. The first-order valence-corrected chi connectivity index (χ1v) is 13.4. The third-order valence-corrected chi connectivity index (χ3v) is 7.69. The number of sulfonamides is 2. The lowest BCUT2D eigenvalue weighted by atomic mass is 10.1. The molecule has 0 bridgehead atoms. The van der Waals surface area contributed by atoms with E-state index < -0.39 is 26.0 Å². The van der Waals surface area contributed by atoms with Gasteiger partial charge in [0, 0.05) is 24.3 Å². The van der Waals surface area contributed by atoms with Gasteiger partial charge in [-0.25, -0.2) is 16.8 Å². The Balaban J connectivity index is 1.76. The molecule has 10 heteroatoms. The van der Waals surface area contributed by atoms with Crippen LogP contribution >= 0.6 is 0 Å². The van der Waals surface area contributed by atoms with E-state index in [2.05, 4.69) is 10.0 Å². The number of amides is 1. The van der Waals surface area contributed by atoms with E-state index in [0.29, 0.717) is 35.6 Å². The minimum atomic E-state index is -3.56. The maximum atomic E-state index is 12.9. The highest BCUT2D eigenvalue weighted by atomic mass is 32.2. The summed E-state index contributed by atoms with van der Waals surface area (Å²) in [4.78, 5) is 12.9. The molecule has 2 aromatic rings. The van der Waals surface area contributed by atoms with Gasteiger partial charge in [-0.1, -0.05) is 18.9 Å². The van der Waals surface area contributed by atoms with Crippen LogP contribution in [0.3, 0.4) is 0 Å². The fourth-order valence-corrected chi connectivity index (χ4v) is 5.67. The van der Waals surface area contributed by atoms with Gasteiger partial charge in [0.2, 0.25) is 20.0 Å². The number of nitrogens with one attached hydrogen (secondary N) is 2. The van der Waals surface area contributed by atoms with Gasteiger partial charge < -0.3 is 5.32 Å². The Labute approximate surface area is 183 Å². The molecule has 1 amide bonds. The van der Waals surface area contributed by atoms with Crippen LogP contribution in [0.15, 0.2) is 47.4 Å². The van der Waals surface area contributed by atoms with Gasteiger partial charge in [-0.05, 0) is 61.7 Å². The molecule has 0 unspecified atom stereocenters. The van der Waals surface area contributed by atoms with E-state index in [9.17, 15) is 21.6 Å². The van der Waals surface area contributed by atoms with Crippen molar-refractivity contribution in [1.82, 2.24) is 4.31 Å². The average molecular weight is 466 g/mol. The van der Waals surface area contributed by atoms with Gasteiger partial charge in [0.05, 0.1) is 16.8 Å². The van der Waals surface area contributed by atoms with Gasteiger partial charge in [-0.15, -0.1) is 0 Å². The van der Waals surface area contributed by atoms with Crippen LogP contribution in [0.4, 0.5) is 11.4 Å². The van der Waals surface area contributed by atoms with Crippen LogP contribution in [-0.2, 0) is 20.0 Å². The van der Waals surface area contributed by atoms with Crippen molar-refractivity contribution in [2.45, 2.75) is 37.5 Å². The molecular formula is C21H27N3O5S2. The molecule has 3 rings (SSSR count). The third-order valence-electron chi connectivity index (χ3n) is 5.19. The largest absolute Gasteiger partial charge is 0.322 e. The quantitative estimate of drug-likeness (QED) is 0.680. The molecule has 0 aliphatic carbocycles. The van der Waals surface area contributed by atoms with Gasteiger partial charge in [-0.2, -0.15) is 4.31 Å². The molecule has 1 fully saturated rings. The van der Waals surface area contributed by atoms with Gasteiger partial charge in [0.25, 0.3) is 5.91 Å². The van der Waals surface area contributed by atoms with Crippen molar-refractivity contribution >= 4 is 37.3 Å². The summed E-state index contributed by atoms with van der Waals surface area (Å²) in [5, 5.41) is 2.73. The second-order valence-corrected chi connectivity index (χ2v) is 11.3. The fourth-order valence-electron chi connectivity index (χ4n) is 3.53. The first-order chi connectivity index (χ1) is 14.6. The summed E-state index contributed by atoms with van der Waals surface area (Å²) < 4.78 is 52.7. The van der Waals surface area contributed by atoms with Crippen molar-refractivity contribution in [3.8, 4) is 0 Å². The van der Waals surface area contributed by atoms with Crippen molar-refractivity contribution in [3.05, 3.63) is 53.6 Å².